The van der Waals surface area contributed by atoms with Gasteiger partial charge in [-0.15, -0.1) is 0 Å². The van der Waals surface area contributed by atoms with Gasteiger partial charge in [-0.2, -0.15) is 0 Å². The van der Waals surface area contributed by atoms with Crippen LogP contribution in [0.5, 0.6) is 0 Å². The molecular weight excluding hydrogens is 274 g/mol. The first kappa shape index (κ1) is 14.7. The molecule has 0 saturated carbocycles. The third kappa shape index (κ3) is 2.91. The van der Waals surface area contributed by atoms with E-state index in [9.17, 15) is 8.42 Å². The molecule has 0 aliphatic rings. The molecule has 3 N–H and O–H groups in total. The minimum Gasteiger partial charge on any atom is -0.398 e. The first-order chi connectivity index (χ1) is 9.45. The number of sulfonamides is 1. The molecule has 1 heterocycles. The van der Waals surface area contributed by atoms with Crippen LogP contribution < -0.4 is 10.5 Å². The Morgan fingerprint density at radius 1 is 1.35 bits per heavy atom. The molecule has 0 fully saturated rings. The van der Waals surface area contributed by atoms with Gasteiger partial charge in [0.1, 0.15) is 4.90 Å². The van der Waals surface area contributed by atoms with E-state index in [1.165, 1.54) is 6.07 Å². The van der Waals surface area contributed by atoms with Crippen molar-refractivity contribution < 1.29 is 8.42 Å². The lowest BCUT2D eigenvalue weighted by atomic mass is 10.2. The summed E-state index contributed by atoms with van der Waals surface area (Å²) in [7, 11) is -3.59. The number of nitrogens with one attached hydrogen (secondary N) is 1. The minimum atomic E-state index is -3.59. The smallest absolute Gasteiger partial charge is 0.242 e. The van der Waals surface area contributed by atoms with Gasteiger partial charge in [0, 0.05) is 23.3 Å². The summed E-state index contributed by atoms with van der Waals surface area (Å²) in [4.78, 5) is 4.33. The van der Waals surface area contributed by atoms with Gasteiger partial charge in [0.15, 0.2) is 0 Å². The highest BCUT2D eigenvalue weighted by Gasteiger charge is 2.21. The van der Waals surface area contributed by atoms with Crippen LogP contribution in [-0.4, -0.2) is 19.4 Å². The zero-order valence-corrected chi connectivity index (χ0v) is 12.4. The molecule has 0 amide bonds. The molecule has 0 saturated heterocycles. The van der Waals surface area contributed by atoms with E-state index in [4.69, 9.17) is 5.73 Å². The molecule has 0 radical (unpaired) electrons. The highest BCUT2D eigenvalue weighted by atomic mass is 32.2. The Labute approximate surface area is 119 Å². The van der Waals surface area contributed by atoms with Crippen LogP contribution in [-0.2, 0) is 10.0 Å². The zero-order valence-electron chi connectivity index (χ0n) is 11.6. The SMILES string of the molecule is CCCC(C)NS(=O)(=O)c1ccc(N)c2cccnc12. The average molecular weight is 293 g/mol. The molecule has 6 heteroatoms. The number of nitrogens with zero attached hydrogens (tertiary/aromatic N) is 1. The molecule has 5 nitrogen and oxygen atoms in total. The summed E-state index contributed by atoms with van der Waals surface area (Å²) in [5.41, 5.74) is 6.79. The lowest BCUT2D eigenvalue weighted by Crippen LogP contribution is -2.32. The fourth-order valence-electron chi connectivity index (χ4n) is 2.21. The second-order valence-electron chi connectivity index (χ2n) is 4.86. The van der Waals surface area contributed by atoms with Crippen LogP contribution in [0.2, 0.25) is 0 Å². The third-order valence-electron chi connectivity index (χ3n) is 3.13. The zero-order chi connectivity index (χ0) is 14.8. The number of benzene rings is 1. The van der Waals surface area contributed by atoms with Crippen molar-refractivity contribution in [2.24, 2.45) is 0 Å². The third-order valence-corrected chi connectivity index (χ3v) is 4.76. The predicted molar refractivity (Wildman–Crippen MR) is 80.8 cm³/mol. The van der Waals surface area contributed by atoms with Gasteiger partial charge in [0.25, 0.3) is 0 Å². The Hall–Kier alpha value is -1.66. The van der Waals surface area contributed by atoms with Crippen LogP contribution in [0.3, 0.4) is 0 Å². The molecule has 0 aliphatic heterocycles. The number of rotatable bonds is 5. The van der Waals surface area contributed by atoms with Crippen LogP contribution in [0.15, 0.2) is 35.4 Å². The van der Waals surface area contributed by atoms with E-state index in [1.54, 1.807) is 24.4 Å². The highest BCUT2D eigenvalue weighted by molar-refractivity contribution is 7.89. The number of anilines is 1. The molecule has 0 aliphatic carbocycles. The van der Waals surface area contributed by atoms with Gasteiger partial charge < -0.3 is 5.73 Å². The van der Waals surface area contributed by atoms with Crippen molar-refractivity contribution in [3.05, 3.63) is 30.5 Å². The summed E-state index contributed by atoms with van der Waals surface area (Å²) in [5, 5.41) is 0.651. The van der Waals surface area contributed by atoms with E-state index in [-0.39, 0.29) is 10.9 Å². The first-order valence-electron chi connectivity index (χ1n) is 6.61. The predicted octanol–water partition coefficient (Wildman–Crippen LogP) is 2.28. The lowest BCUT2D eigenvalue weighted by Gasteiger charge is -2.14. The molecule has 0 bridgehead atoms. The number of nitrogens with two attached hydrogens (primary N) is 1. The summed E-state index contributed by atoms with van der Waals surface area (Å²) < 4.78 is 27.6. The molecule has 0 spiro atoms. The maximum Gasteiger partial charge on any atom is 0.242 e. The Kier molecular flexibility index (Phi) is 4.25. The number of fused-ring (bicyclic) bond motifs is 1. The fourth-order valence-corrected chi connectivity index (χ4v) is 3.64. The van der Waals surface area contributed by atoms with Crippen molar-refractivity contribution in [2.75, 3.05) is 5.73 Å². The molecule has 1 atom stereocenters. The summed E-state index contributed by atoms with van der Waals surface area (Å²) in [6.45, 7) is 3.87. The van der Waals surface area contributed by atoms with E-state index in [2.05, 4.69) is 9.71 Å². The van der Waals surface area contributed by atoms with Gasteiger partial charge in [0.2, 0.25) is 10.0 Å². The molecule has 1 unspecified atom stereocenters. The Morgan fingerprint density at radius 2 is 2.10 bits per heavy atom. The van der Waals surface area contributed by atoms with Crippen molar-refractivity contribution in [3.8, 4) is 0 Å². The first-order valence-corrected chi connectivity index (χ1v) is 8.09. The number of hydrogen-bond acceptors (Lipinski definition) is 4. The van der Waals surface area contributed by atoms with E-state index in [1.807, 2.05) is 13.8 Å². The number of aromatic nitrogens is 1. The van der Waals surface area contributed by atoms with Gasteiger partial charge >= 0.3 is 0 Å². The molecule has 108 valence electrons. The van der Waals surface area contributed by atoms with Gasteiger partial charge in [0.05, 0.1) is 5.52 Å². The minimum absolute atomic E-state index is 0.110. The van der Waals surface area contributed by atoms with Crippen LogP contribution in [0, 0.1) is 0 Å². The number of hydrogen-bond donors (Lipinski definition) is 2. The second kappa shape index (κ2) is 5.76. The standard InChI is InChI=1S/C14H19N3O2S/c1-3-5-10(2)17-20(18,19)13-8-7-12(15)11-6-4-9-16-14(11)13/h4,6-10,17H,3,5,15H2,1-2H3. The van der Waals surface area contributed by atoms with Crippen molar-refractivity contribution in [2.45, 2.75) is 37.6 Å². The van der Waals surface area contributed by atoms with Gasteiger partial charge in [-0.25, -0.2) is 13.1 Å². The van der Waals surface area contributed by atoms with Crippen LogP contribution >= 0.6 is 0 Å². The maximum atomic E-state index is 12.5. The Bertz CT molecular complexity index is 713. The van der Waals surface area contributed by atoms with E-state index in [0.29, 0.717) is 16.6 Å². The number of nitrogen functional groups attached to an aromatic ring is 1. The molecular formula is C14H19N3O2S. The maximum absolute atomic E-state index is 12.5. The van der Waals surface area contributed by atoms with Gasteiger partial charge in [-0.1, -0.05) is 13.3 Å². The van der Waals surface area contributed by atoms with Crippen molar-refractivity contribution in [1.29, 1.82) is 0 Å². The monoisotopic (exact) mass is 293 g/mol. The molecule has 20 heavy (non-hydrogen) atoms. The lowest BCUT2D eigenvalue weighted by molar-refractivity contribution is 0.544. The summed E-state index contributed by atoms with van der Waals surface area (Å²) >= 11 is 0. The molecule has 2 aromatic rings. The summed E-state index contributed by atoms with van der Waals surface area (Å²) in [6.07, 6.45) is 3.28. The quantitative estimate of drug-likeness (QED) is 0.828. The second-order valence-corrected chi connectivity index (χ2v) is 6.55. The Balaban J connectivity index is 2.50. The van der Waals surface area contributed by atoms with Gasteiger partial charge in [-0.3, -0.25) is 4.98 Å². The van der Waals surface area contributed by atoms with Crippen LogP contribution in [0.4, 0.5) is 5.69 Å². The summed E-state index contributed by atoms with van der Waals surface area (Å²) in [6, 6.07) is 6.50. The van der Waals surface area contributed by atoms with Crippen molar-refractivity contribution >= 4 is 26.6 Å². The molecule has 1 aromatic heterocycles. The topological polar surface area (TPSA) is 85.1 Å². The average Bonchev–Trinajstić information content (AvgIpc) is 2.38. The largest absolute Gasteiger partial charge is 0.398 e. The van der Waals surface area contributed by atoms with Crippen LogP contribution in [0.25, 0.3) is 10.9 Å². The van der Waals surface area contributed by atoms with E-state index in [0.717, 1.165) is 12.8 Å². The molecule has 1 aromatic carbocycles. The molecule has 2 rings (SSSR count). The highest BCUT2D eigenvalue weighted by Crippen LogP contribution is 2.25. The Morgan fingerprint density at radius 3 is 2.80 bits per heavy atom. The van der Waals surface area contributed by atoms with Crippen molar-refractivity contribution in [3.63, 3.8) is 0 Å². The number of pyridine rings is 1. The van der Waals surface area contributed by atoms with Gasteiger partial charge in [-0.05, 0) is 37.6 Å². The normalized spacial score (nSPS) is 13.5. The van der Waals surface area contributed by atoms with Crippen molar-refractivity contribution in [1.82, 2.24) is 9.71 Å². The van der Waals surface area contributed by atoms with E-state index >= 15 is 0 Å². The fraction of sp³-hybridized carbons (Fsp3) is 0.357. The van der Waals surface area contributed by atoms with E-state index < -0.39 is 10.0 Å². The van der Waals surface area contributed by atoms with Crippen LogP contribution in [0.1, 0.15) is 26.7 Å². The summed E-state index contributed by atoms with van der Waals surface area (Å²) in [5.74, 6) is 0.